The molecule has 0 aromatic heterocycles. The third-order valence-corrected chi connectivity index (χ3v) is 4.65. The summed E-state index contributed by atoms with van der Waals surface area (Å²) in [5.41, 5.74) is 3.05. The highest BCUT2D eigenvalue weighted by Gasteiger charge is 2.18. The summed E-state index contributed by atoms with van der Waals surface area (Å²) in [5.74, 6) is 0.434. The van der Waals surface area contributed by atoms with Crippen LogP contribution in [0.4, 0.5) is 10.5 Å². The molecule has 0 aliphatic carbocycles. The van der Waals surface area contributed by atoms with E-state index in [1.165, 1.54) is 12.8 Å². The Morgan fingerprint density at radius 2 is 1.93 bits per heavy atom. The van der Waals surface area contributed by atoms with E-state index in [1.54, 1.807) is 6.08 Å². The number of para-hydroxylation sites is 1. The van der Waals surface area contributed by atoms with Gasteiger partial charge < -0.3 is 10.6 Å². The third kappa shape index (κ3) is 7.86. The fraction of sp³-hybridized carbons (Fsp3) is 0.458. The molecule has 0 radical (unpaired) electrons. The second-order valence-corrected chi connectivity index (χ2v) is 7.88. The van der Waals surface area contributed by atoms with Crippen LogP contribution < -0.4 is 10.6 Å². The first kappa shape index (κ1) is 22.8. The Morgan fingerprint density at radius 3 is 2.52 bits per heavy atom. The zero-order chi connectivity index (χ0) is 20.3. The van der Waals surface area contributed by atoms with Crippen molar-refractivity contribution in [3.8, 4) is 0 Å². The summed E-state index contributed by atoms with van der Waals surface area (Å²) >= 11 is 0. The minimum absolute atomic E-state index is 0.0367. The number of unbranched alkanes of at least 4 members (excludes halogenated alkanes) is 1. The van der Waals surface area contributed by atoms with Gasteiger partial charge in [-0.15, -0.1) is 0 Å². The van der Waals surface area contributed by atoms with Gasteiger partial charge in [0.25, 0.3) is 0 Å². The minimum atomic E-state index is -0.221. The van der Waals surface area contributed by atoms with E-state index in [9.17, 15) is 4.79 Å². The predicted octanol–water partition coefficient (Wildman–Crippen LogP) is 6.95. The summed E-state index contributed by atoms with van der Waals surface area (Å²) in [7, 11) is 0. The largest absolute Gasteiger partial charge is 0.323 e. The zero-order valence-corrected chi connectivity index (χ0v) is 17.6. The molecule has 2 N–H and O–H groups in total. The van der Waals surface area contributed by atoms with E-state index in [4.69, 9.17) is 0 Å². The number of nitrogens with one attached hydrogen (secondary N) is 2. The molecule has 1 rings (SSSR count). The van der Waals surface area contributed by atoms with Crippen molar-refractivity contribution in [3.05, 3.63) is 66.4 Å². The average Bonchev–Trinajstić information content (AvgIpc) is 2.63. The summed E-state index contributed by atoms with van der Waals surface area (Å²) in [6.45, 7) is 14.6. The molecule has 0 fully saturated rings. The first-order chi connectivity index (χ1) is 12.8. The Bertz CT molecular complexity index is 665. The number of allylic oxidation sites excluding steroid dienone is 4. The fourth-order valence-electron chi connectivity index (χ4n) is 3.09. The molecule has 0 bridgehead atoms. The third-order valence-electron chi connectivity index (χ3n) is 4.65. The zero-order valence-electron chi connectivity index (χ0n) is 17.6. The molecule has 0 aliphatic rings. The van der Waals surface area contributed by atoms with Crippen LogP contribution in [0, 0.1) is 5.92 Å². The molecule has 3 heteroatoms. The van der Waals surface area contributed by atoms with Gasteiger partial charge in [0.05, 0.1) is 0 Å². The fourth-order valence-corrected chi connectivity index (χ4v) is 3.09. The van der Waals surface area contributed by atoms with Gasteiger partial charge in [0.15, 0.2) is 0 Å². The van der Waals surface area contributed by atoms with Crippen molar-refractivity contribution in [1.29, 1.82) is 0 Å². The lowest BCUT2D eigenvalue weighted by atomic mass is 9.86. The normalized spacial score (nSPS) is 13.4. The van der Waals surface area contributed by atoms with E-state index in [-0.39, 0.29) is 11.4 Å². The molecular formula is C24H36N2O. The van der Waals surface area contributed by atoms with Gasteiger partial charge in [-0.2, -0.15) is 0 Å². The van der Waals surface area contributed by atoms with Crippen molar-refractivity contribution in [1.82, 2.24) is 5.32 Å². The molecular weight excluding hydrogens is 332 g/mol. The topological polar surface area (TPSA) is 41.1 Å². The molecule has 1 aromatic rings. The van der Waals surface area contributed by atoms with Crippen LogP contribution in [0.3, 0.4) is 0 Å². The Hall–Kier alpha value is -2.29. The van der Waals surface area contributed by atoms with Crippen molar-refractivity contribution >= 4 is 11.7 Å². The van der Waals surface area contributed by atoms with E-state index < -0.39 is 0 Å². The molecule has 1 atom stereocenters. The summed E-state index contributed by atoms with van der Waals surface area (Å²) < 4.78 is 0. The van der Waals surface area contributed by atoms with Crippen LogP contribution in [0.2, 0.25) is 0 Å². The van der Waals surface area contributed by atoms with Crippen molar-refractivity contribution in [3.63, 3.8) is 0 Å². The number of hydrogen-bond donors (Lipinski definition) is 2. The van der Waals surface area contributed by atoms with E-state index in [1.807, 2.05) is 36.6 Å². The summed E-state index contributed by atoms with van der Waals surface area (Å²) in [5, 5.41) is 5.90. The second kappa shape index (κ2) is 11.4. The predicted molar refractivity (Wildman–Crippen MR) is 118 cm³/mol. The van der Waals surface area contributed by atoms with Gasteiger partial charge in [-0.25, -0.2) is 4.79 Å². The number of carbonyl (C=O) groups excluding carboxylic acids is 1. The van der Waals surface area contributed by atoms with Crippen molar-refractivity contribution in [2.75, 3.05) is 5.32 Å². The molecule has 0 unspecified atom stereocenters. The Kier molecular flexibility index (Phi) is 9.63. The molecule has 0 spiro atoms. The maximum absolute atomic E-state index is 12.5. The molecule has 0 heterocycles. The van der Waals surface area contributed by atoms with Crippen LogP contribution in [-0.4, -0.2) is 6.03 Å². The van der Waals surface area contributed by atoms with E-state index in [0.717, 1.165) is 29.7 Å². The van der Waals surface area contributed by atoms with Gasteiger partial charge in [0, 0.05) is 11.9 Å². The van der Waals surface area contributed by atoms with Gasteiger partial charge in [-0.1, -0.05) is 90.5 Å². The summed E-state index contributed by atoms with van der Waals surface area (Å²) in [4.78, 5) is 12.5. The SMILES string of the molecule is C=C/C=C\C(=C/NC(=O)Nc1ccccc1C(C)(C)C)[C@H](CC)CCCC. The molecule has 0 aliphatic heterocycles. The lowest BCUT2D eigenvalue weighted by molar-refractivity contribution is 0.255. The number of rotatable bonds is 9. The quantitative estimate of drug-likeness (QED) is 0.455. The van der Waals surface area contributed by atoms with Crippen molar-refractivity contribution in [2.45, 2.75) is 65.7 Å². The first-order valence-corrected chi connectivity index (χ1v) is 9.99. The van der Waals surface area contributed by atoms with Crippen LogP contribution in [0.1, 0.15) is 65.9 Å². The molecule has 0 saturated carbocycles. The number of urea groups is 1. The van der Waals surface area contributed by atoms with Gasteiger partial charge in [-0.3, -0.25) is 0 Å². The van der Waals surface area contributed by atoms with E-state index >= 15 is 0 Å². The maximum atomic E-state index is 12.5. The first-order valence-electron chi connectivity index (χ1n) is 9.99. The van der Waals surface area contributed by atoms with Crippen LogP contribution in [0.25, 0.3) is 0 Å². The van der Waals surface area contributed by atoms with Crippen LogP contribution >= 0.6 is 0 Å². The lowest BCUT2D eigenvalue weighted by Crippen LogP contribution is -2.27. The number of amides is 2. The van der Waals surface area contributed by atoms with Crippen molar-refractivity contribution in [2.24, 2.45) is 5.92 Å². The van der Waals surface area contributed by atoms with E-state index in [0.29, 0.717) is 5.92 Å². The second-order valence-electron chi connectivity index (χ2n) is 7.88. The summed E-state index contributed by atoms with van der Waals surface area (Å²) in [6.07, 6.45) is 12.1. The number of carbonyl (C=O) groups is 1. The molecule has 0 saturated heterocycles. The lowest BCUT2D eigenvalue weighted by Gasteiger charge is -2.23. The van der Waals surface area contributed by atoms with Crippen LogP contribution in [0.5, 0.6) is 0 Å². The average molecular weight is 369 g/mol. The number of hydrogen-bond acceptors (Lipinski definition) is 1. The highest BCUT2D eigenvalue weighted by Crippen LogP contribution is 2.29. The van der Waals surface area contributed by atoms with E-state index in [2.05, 4.69) is 57.9 Å². The number of benzene rings is 1. The van der Waals surface area contributed by atoms with Gasteiger partial charge in [-0.05, 0) is 41.4 Å². The smallest absolute Gasteiger partial charge is 0.314 e. The Morgan fingerprint density at radius 1 is 1.22 bits per heavy atom. The van der Waals surface area contributed by atoms with Gasteiger partial charge in [0.1, 0.15) is 0 Å². The maximum Gasteiger partial charge on any atom is 0.323 e. The van der Waals surface area contributed by atoms with Crippen LogP contribution in [0.15, 0.2) is 60.8 Å². The highest BCUT2D eigenvalue weighted by atomic mass is 16.2. The van der Waals surface area contributed by atoms with Crippen molar-refractivity contribution < 1.29 is 4.79 Å². The highest BCUT2D eigenvalue weighted by molar-refractivity contribution is 5.91. The van der Waals surface area contributed by atoms with Gasteiger partial charge >= 0.3 is 6.03 Å². The number of anilines is 1. The molecule has 2 amide bonds. The standard InChI is InChI=1S/C24H36N2O/c1-7-10-14-19(9-3)20(15-11-8-2)18-25-23(27)26-22-17-13-12-16-21(22)24(4,5)6/h8,11-13,15-19H,2,7,9-10,14H2,1,3-6H3,(H2,25,26,27)/b15-11-,20-18+/t19-/m1/s1. The molecule has 1 aromatic carbocycles. The molecule has 148 valence electrons. The molecule has 27 heavy (non-hydrogen) atoms. The molecule has 3 nitrogen and oxygen atoms in total. The Balaban J connectivity index is 2.92. The monoisotopic (exact) mass is 368 g/mol. The van der Waals surface area contributed by atoms with Crippen LogP contribution in [-0.2, 0) is 5.41 Å². The Labute approximate surface area is 165 Å². The summed E-state index contributed by atoms with van der Waals surface area (Å²) in [6, 6.07) is 7.72. The van der Waals surface area contributed by atoms with Gasteiger partial charge in [0.2, 0.25) is 0 Å². The minimum Gasteiger partial charge on any atom is -0.314 e.